The Balaban J connectivity index is 1.80. The van der Waals surface area contributed by atoms with Crippen LogP contribution in [0.2, 0.25) is 0 Å². The van der Waals surface area contributed by atoms with Crippen molar-refractivity contribution in [1.29, 1.82) is 0 Å². The monoisotopic (exact) mass is 411 g/mol. The van der Waals surface area contributed by atoms with Crippen LogP contribution in [-0.2, 0) is 36.1 Å². The molecule has 3 heterocycles. The minimum absolute atomic E-state index is 0.302. The van der Waals surface area contributed by atoms with E-state index < -0.39 is 23.8 Å². The van der Waals surface area contributed by atoms with Gasteiger partial charge in [0.1, 0.15) is 6.54 Å². The smallest absolute Gasteiger partial charge is 0.333 e. The van der Waals surface area contributed by atoms with Crippen molar-refractivity contribution in [1.82, 2.24) is 18.7 Å². The number of hydrogen-bond donors (Lipinski definition) is 0. The van der Waals surface area contributed by atoms with Crippen LogP contribution in [0.25, 0.3) is 11.2 Å². The van der Waals surface area contributed by atoms with Crippen molar-refractivity contribution in [3.05, 3.63) is 56.7 Å². The predicted molar refractivity (Wildman–Crippen MR) is 113 cm³/mol. The number of carbonyl (C=O) groups excluding carboxylic acids is 1. The van der Waals surface area contributed by atoms with Crippen LogP contribution in [0.3, 0.4) is 0 Å². The number of imidazole rings is 1. The van der Waals surface area contributed by atoms with Crippen LogP contribution in [0.1, 0.15) is 12.5 Å². The van der Waals surface area contributed by atoms with Gasteiger partial charge in [0.25, 0.3) is 5.56 Å². The lowest BCUT2D eigenvalue weighted by Gasteiger charge is -2.33. The highest BCUT2D eigenvalue weighted by Gasteiger charge is 2.29. The third-order valence-corrected chi connectivity index (χ3v) is 5.55. The number of ether oxygens (including phenoxy) is 1. The Morgan fingerprint density at radius 1 is 1.20 bits per heavy atom. The van der Waals surface area contributed by atoms with E-state index in [1.807, 2.05) is 22.8 Å². The third-order valence-electron chi connectivity index (χ3n) is 5.55. The van der Waals surface area contributed by atoms with Gasteiger partial charge in [0.2, 0.25) is 5.95 Å². The summed E-state index contributed by atoms with van der Waals surface area (Å²) in [6.07, 6.45) is 0.849. The van der Waals surface area contributed by atoms with Crippen molar-refractivity contribution >= 4 is 23.1 Å². The maximum Gasteiger partial charge on any atom is 0.333 e. The van der Waals surface area contributed by atoms with Gasteiger partial charge >= 0.3 is 11.7 Å². The van der Waals surface area contributed by atoms with Gasteiger partial charge in [0.15, 0.2) is 11.2 Å². The van der Waals surface area contributed by atoms with E-state index >= 15 is 0 Å². The first kappa shape index (κ1) is 19.9. The Bertz CT molecular complexity index is 1210. The normalized spacial score (nSPS) is 16.0. The van der Waals surface area contributed by atoms with Gasteiger partial charge < -0.3 is 14.2 Å². The summed E-state index contributed by atoms with van der Waals surface area (Å²) in [4.78, 5) is 44.4. The van der Waals surface area contributed by atoms with E-state index in [0.717, 1.165) is 24.1 Å². The average molecular weight is 411 g/mol. The van der Waals surface area contributed by atoms with Gasteiger partial charge in [-0.25, -0.2) is 9.36 Å². The van der Waals surface area contributed by atoms with Gasteiger partial charge in [-0.2, -0.15) is 4.98 Å². The number of aryl methyl sites for hydroxylation is 1. The maximum absolute atomic E-state index is 13.1. The van der Waals surface area contributed by atoms with Gasteiger partial charge in [-0.15, -0.1) is 0 Å². The second-order valence-corrected chi connectivity index (χ2v) is 7.79. The summed E-state index contributed by atoms with van der Waals surface area (Å²) >= 11 is 0. The quantitative estimate of drug-likeness (QED) is 0.576. The molecule has 0 saturated heterocycles. The van der Waals surface area contributed by atoms with E-state index in [0.29, 0.717) is 29.6 Å². The van der Waals surface area contributed by atoms with Crippen molar-refractivity contribution in [3.8, 4) is 0 Å². The van der Waals surface area contributed by atoms with Crippen molar-refractivity contribution in [2.45, 2.75) is 26.4 Å². The molecule has 0 amide bonds. The number of carbonyl (C=O) groups is 1. The van der Waals surface area contributed by atoms with Crippen LogP contribution in [0, 0.1) is 5.92 Å². The topological polar surface area (TPSA) is 91.4 Å². The Morgan fingerprint density at radius 2 is 1.93 bits per heavy atom. The molecule has 2 aromatic heterocycles. The lowest BCUT2D eigenvalue weighted by molar-refractivity contribution is -0.141. The SMILES string of the molecule is COC(=O)Cn1c(=O)c2c(nc3n2C[C@@H](C)CN3CCc2ccccc2)n(C)c1=O. The van der Waals surface area contributed by atoms with Crippen LogP contribution < -0.4 is 16.1 Å². The van der Waals surface area contributed by atoms with Crippen LogP contribution >= 0.6 is 0 Å². The third kappa shape index (κ3) is 3.40. The minimum atomic E-state index is -0.648. The molecule has 0 N–H and O–H groups in total. The molecule has 0 fully saturated rings. The molecule has 0 unspecified atom stereocenters. The standard InChI is InChI=1S/C21H25N5O4/c1-14-11-24(10-9-15-7-5-4-6-8-15)20-22-18-17(25(20)12-14)19(28)26(13-16(27)30-3)21(29)23(18)2/h4-8,14H,9-13H2,1-3H3/t14-/m0/s1. The number of rotatable bonds is 5. The summed E-state index contributed by atoms with van der Waals surface area (Å²) in [6.45, 7) is 3.90. The molecule has 1 aliphatic heterocycles. The molecule has 1 atom stereocenters. The first-order valence-electron chi connectivity index (χ1n) is 9.96. The Hall–Kier alpha value is -3.36. The molecule has 0 radical (unpaired) electrons. The number of esters is 1. The van der Waals surface area contributed by atoms with Crippen LogP contribution in [0.15, 0.2) is 39.9 Å². The van der Waals surface area contributed by atoms with Crippen LogP contribution in [0.4, 0.5) is 5.95 Å². The summed E-state index contributed by atoms with van der Waals surface area (Å²) in [5.74, 6) is 0.336. The maximum atomic E-state index is 13.1. The second-order valence-electron chi connectivity index (χ2n) is 7.79. The lowest BCUT2D eigenvalue weighted by Crippen LogP contribution is -2.42. The van der Waals surface area contributed by atoms with Crippen molar-refractivity contribution in [2.24, 2.45) is 13.0 Å². The minimum Gasteiger partial charge on any atom is -0.468 e. The highest BCUT2D eigenvalue weighted by Crippen LogP contribution is 2.26. The molecule has 3 aromatic rings. The lowest BCUT2D eigenvalue weighted by atomic mass is 10.1. The van der Waals surface area contributed by atoms with Gasteiger partial charge in [0, 0.05) is 26.7 Å². The average Bonchev–Trinajstić information content (AvgIpc) is 3.13. The molecule has 0 spiro atoms. The molecule has 0 aliphatic carbocycles. The summed E-state index contributed by atoms with van der Waals surface area (Å²) in [5.41, 5.74) is 0.796. The number of nitrogens with zero attached hydrogens (tertiary/aromatic N) is 5. The number of anilines is 1. The summed E-state index contributed by atoms with van der Waals surface area (Å²) < 4.78 is 8.76. The van der Waals surface area contributed by atoms with E-state index in [-0.39, 0.29) is 0 Å². The molecule has 9 heteroatoms. The van der Waals surface area contributed by atoms with Crippen molar-refractivity contribution < 1.29 is 9.53 Å². The van der Waals surface area contributed by atoms with Gasteiger partial charge in [-0.3, -0.25) is 14.2 Å². The fourth-order valence-corrected chi connectivity index (χ4v) is 4.03. The van der Waals surface area contributed by atoms with Crippen LogP contribution in [-0.4, -0.2) is 44.9 Å². The summed E-state index contributed by atoms with van der Waals surface area (Å²) in [6, 6.07) is 10.2. The summed E-state index contributed by atoms with van der Waals surface area (Å²) in [5, 5.41) is 0. The number of fused-ring (bicyclic) bond motifs is 3. The van der Waals surface area contributed by atoms with E-state index in [4.69, 9.17) is 0 Å². The fraction of sp³-hybridized carbons (Fsp3) is 0.429. The molecule has 30 heavy (non-hydrogen) atoms. The molecule has 1 aromatic carbocycles. The van der Waals surface area contributed by atoms with Crippen molar-refractivity contribution in [2.75, 3.05) is 25.1 Å². The van der Waals surface area contributed by atoms with Crippen molar-refractivity contribution in [3.63, 3.8) is 0 Å². The molecule has 0 bridgehead atoms. The van der Waals surface area contributed by atoms with E-state index in [1.165, 1.54) is 17.2 Å². The Morgan fingerprint density at radius 3 is 2.63 bits per heavy atom. The molecule has 9 nitrogen and oxygen atoms in total. The number of aromatic nitrogens is 4. The van der Waals surface area contributed by atoms with Gasteiger partial charge in [-0.1, -0.05) is 37.3 Å². The first-order valence-corrected chi connectivity index (χ1v) is 9.96. The van der Waals surface area contributed by atoms with E-state index in [9.17, 15) is 14.4 Å². The van der Waals surface area contributed by atoms with E-state index in [1.54, 1.807) is 7.05 Å². The van der Waals surface area contributed by atoms with Gasteiger partial charge in [-0.05, 0) is 17.9 Å². The molecule has 1 aliphatic rings. The highest BCUT2D eigenvalue weighted by atomic mass is 16.5. The Labute approximate surface area is 173 Å². The molecule has 4 rings (SSSR count). The van der Waals surface area contributed by atoms with Gasteiger partial charge in [0.05, 0.1) is 7.11 Å². The summed E-state index contributed by atoms with van der Waals surface area (Å²) in [7, 11) is 2.79. The molecular formula is C21H25N5O4. The zero-order valence-corrected chi connectivity index (χ0v) is 17.4. The number of hydrogen-bond acceptors (Lipinski definition) is 6. The predicted octanol–water partition coefficient (Wildman–Crippen LogP) is 0.768. The number of methoxy groups -OCH3 is 1. The first-order chi connectivity index (χ1) is 14.4. The largest absolute Gasteiger partial charge is 0.468 e. The Kier molecular flexibility index (Phi) is 5.19. The zero-order valence-electron chi connectivity index (χ0n) is 17.4. The second kappa shape index (κ2) is 7.81. The zero-order chi connectivity index (χ0) is 21.4. The van der Waals surface area contributed by atoms with E-state index in [2.05, 4.69) is 33.7 Å². The molecule has 0 saturated carbocycles. The molecular weight excluding hydrogens is 386 g/mol. The number of benzene rings is 1. The fourth-order valence-electron chi connectivity index (χ4n) is 4.03. The highest BCUT2D eigenvalue weighted by molar-refractivity contribution is 5.76. The molecule has 158 valence electrons. The van der Waals surface area contributed by atoms with Crippen LogP contribution in [0.5, 0.6) is 0 Å².